The van der Waals surface area contributed by atoms with Gasteiger partial charge in [0, 0.05) is 47.8 Å². The second-order valence-corrected chi connectivity index (χ2v) is 17.9. The number of aromatic nitrogens is 3. The van der Waals surface area contributed by atoms with E-state index in [1.54, 1.807) is 6.07 Å². The molecule has 1 aromatic heterocycles. The van der Waals surface area contributed by atoms with Gasteiger partial charge >= 0.3 is 36.3 Å². The number of carbonyl (C=O) groups is 5. The van der Waals surface area contributed by atoms with E-state index < -0.39 is 65.8 Å². The van der Waals surface area contributed by atoms with Gasteiger partial charge in [0.1, 0.15) is 6.04 Å². The number of nitrogens with zero attached hydrogens (tertiary/aromatic N) is 3. The third kappa shape index (κ3) is 14.4. The van der Waals surface area contributed by atoms with Crippen LogP contribution in [0, 0.1) is 18.8 Å². The van der Waals surface area contributed by atoms with Crippen LogP contribution in [0.2, 0.25) is 0 Å². The number of alkyl halides is 10. The number of aromatic amines is 1. The molecule has 72 heavy (non-hydrogen) atoms. The predicted octanol–water partition coefficient (Wildman–Crippen LogP) is 8.71. The van der Waals surface area contributed by atoms with E-state index >= 15 is 0 Å². The second-order valence-electron chi connectivity index (χ2n) is 17.9. The molecule has 6 rings (SSSR count). The average molecular weight is 1030 g/mol. The van der Waals surface area contributed by atoms with Gasteiger partial charge < -0.3 is 36.4 Å². The highest BCUT2D eigenvalue weighted by Crippen LogP contribution is 2.51. The minimum Gasteiger partial charge on any atom is -0.475 e. The van der Waals surface area contributed by atoms with Gasteiger partial charge in [-0.3, -0.25) is 19.5 Å². The number of carboxylic acid groups (broad SMARTS) is 2. The number of aryl methyl sites for hydroxylation is 1. The molecular formula is C47H52F10N8O7. The molecule has 1 atom stereocenters. The van der Waals surface area contributed by atoms with E-state index in [1.807, 2.05) is 48.4 Å². The number of rotatable bonds is 15. The minimum absolute atomic E-state index is 0.0296. The fourth-order valence-electron chi connectivity index (χ4n) is 8.34. The van der Waals surface area contributed by atoms with Crippen LogP contribution in [0.4, 0.5) is 54.4 Å². The molecule has 0 spiro atoms. The SMILES string of the molecule is Cc1cc(C(=O)NC2CCC(N(C)C)CC2)ccc1-c1ccc(C[C@H](NC(=O)[C@H]2CC[C@H](CNC(=O)O)CC2)C(=O)Nc2ccc(-c3nc(C(F)(F)C(F)(F)C(F)(F)F)n[nH]3)cc2)cc1.O=C(O)C(F)(F)F. The molecule has 0 radical (unpaired) electrons. The quantitative estimate of drug-likeness (QED) is 0.0562. The van der Waals surface area contributed by atoms with Crippen LogP contribution in [0.1, 0.15) is 78.7 Å². The average Bonchev–Trinajstić information content (AvgIpc) is 3.82. The third-order valence-corrected chi connectivity index (χ3v) is 12.5. The summed E-state index contributed by atoms with van der Waals surface area (Å²) in [5, 5.41) is 32.1. The Morgan fingerprint density at radius 3 is 1.89 bits per heavy atom. The maximum absolute atomic E-state index is 14.2. The summed E-state index contributed by atoms with van der Waals surface area (Å²) in [6.07, 6.45) is -6.70. The van der Waals surface area contributed by atoms with Crippen molar-refractivity contribution >= 4 is 35.5 Å². The van der Waals surface area contributed by atoms with Crippen LogP contribution in [0.3, 0.4) is 0 Å². The van der Waals surface area contributed by atoms with Gasteiger partial charge in [0.15, 0.2) is 5.82 Å². The van der Waals surface area contributed by atoms with Crippen LogP contribution in [-0.2, 0) is 26.7 Å². The van der Waals surface area contributed by atoms with Gasteiger partial charge in [-0.2, -0.15) is 49.0 Å². The molecule has 0 aliphatic heterocycles. The summed E-state index contributed by atoms with van der Waals surface area (Å²) in [5.41, 5.74) is 4.03. The van der Waals surface area contributed by atoms with Gasteiger partial charge in [0.05, 0.1) is 0 Å². The lowest BCUT2D eigenvalue weighted by molar-refractivity contribution is -0.361. The number of carboxylic acids is 1. The Bertz CT molecular complexity index is 2520. The van der Waals surface area contributed by atoms with Crippen molar-refractivity contribution in [1.82, 2.24) is 36.0 Å². The second kappa shape index (κ2) is 23.2. The summed E-state index contributed by atoms with van der Waals surface area (Å²) < 4.78 is 125. The molecule has 0 bridgehead atoms. The van der Waals surface area contributed by atoms with Gasteiger partial charge in [0.25, 0.3) is 5.91 Å². The van der Waals surface area contributed by atoms with Crippen molar-refractivity contribution < 1.29 is 78.1 Å². The summed E-state index contributed by atoms with van der Waals surface area (Å²) in [5.74, 6) is -19.1. The molecule has 25 heteroatoms. The Morgan fingerprint density at radius 1 is 0.778 bits per heavy atom. The van der Waals surface area contributed by atoms with Gasteiger partial charge in [-0.1, -0.05) is 30.3 Å². The number of anilines is 1. The molecule has 2 saturated carbocycles. The largest absolute Gasteiger partial charge is 0.490 e. The first-order valence-electron chi connectivity index (χ1n) is 22.5. The number of nitrogens with one attached hydrogen (secondary N) is 5. The van der Waals surface area contributed by atoms with Crippen molar-refractivity contribution in [2.45, 2.75) is 107 Å². The van der Waals surface area contributed by atoms with Crippen LogP contribution >= 0.6 is 0 Å². The van der Waals surface area contributed by atoms with E-state index in [0.717, 1.165) is 42.4 Å². The highest BCUT2D eigenvalue weighted by molar-refractivity contribution is 5.98. The highest BCUT2D eigenvalue weighted by Gasteiger charge is 2.75. The molecule has 2 aliphatic carbocycles. The van der Waals surface area contributed by atoms with Crippen LogP contribution < -0.4 is 21.3 Å². The first-order valence-corrected chi connectivity index (χ1v) is 22.5. The van der Waals surface area contributed by atoms with Gasteiger partial charge in [0.2, 0.25) is 17.6 Å². The number of aliphatic carboxylic acids is 1. The zero-order valence-corrected chi connectivity index (χ0v) is 38.9. The molecule has 1 heterocycles. The van der Waals surface area contributed by atoms with Gasteiger partial charge in [-0.25, -0.2) is 14.6 Å². The first-order chi connectivity index (χ1) is 33.6. The number of benzene rings is 3. The topological polar surface area (TPSA) is 219 Å². The number of H-pyrrole nitrogens is 1. The summed E-state index contributed by atoms with van der Waals surface area (Å²) in [6, 6.07) is 17.5. The molecule has 15 nitrogen and oxygen atoms in total. The van der Waals surface area contributed by atoms with Crippen LogP contribution in [0.25, 0.3) is 22.5 Å². The van der Waals surface area contributed by atoms with E-state index in [2.05, 4.69) is 50.3 Å². The molecule has 0 unspecified atom stereocenters. The molecule has 3 aromatic carbocycles. The zero-order valence-electron chi connectivity index (χ0n) is 38.9. The zero-order chi connectivity index (χ0) is 53.3. The highest BCUT2D eigenvalue weighted by atomic mass is 19.4. The van der Waals surface area contributed by atoms with Gasteiger partial charge in [-0.15, -0.1) is 0 Å². The Kier molecular flexibility index (Phi) is 18.1. The van der Waals surface area contributed by atoms with Crippen molar-refractivity contribution in [3.8, 4) is 22.5 Å². The number of amides is 4. The smallest absolute Gasteiger partial charge is 0.475 e. The molecule has 392 valence electrons. The Hall–Kier alpha value is -6.79. The number of carbonyl (C=O) groups excluding carboxylic acids is 3. The molecule has 4 amide bonds. The van der Waals surface area contributed by atoms with Gasteiger partial charge in [-0.05, 0) is 137 Å². The van der Waals surface area contributed by atoms with Crippen molar-refractivity contribution in [1.29, 1.82) is 0 Å². The molecule has 2 aliphatic rings. The number of hydrogen-bond acceptors (Lipinski definition) is 8. The Labute approximate surface area is 405 Å². The van der Waals surface area contributed by atoms with Crippen molar-refractivity contribution in [2.75, 3.05) is 26.0 Å². The molecular weight excluding hydrogens is 979 g/mol. The van der Waals surface area contributed by atoms with E-state index in [-0.39, 0.29) is 48.0 Å². The van der Waals surface area contributed by atoms with Crippen LogP contribution in [-0.4, -0.2) is 117 Å². The monoisotopic (exact) mass is 1030 g/mol. The lowest BCUT2D eigenvalue weighted by Crippen LogP contribution is -2.50. The number of halogens is 10. The van der Waals surface area contributed by atoms with Crippen LogP contribution in [0.5, 0.6) is 0 Å². The van der Waals surface area contributed by atoms with Crippen LogP contribution in [0.15, 0.2) is 66.7 Å². The fourth-order valence-corrected chi connectivity index (χ4v) is 8.34. The lowest BCUT2D eigenvalue weighted by Gasteiger charge is -2.33. The standard InChI is InChI=1S/C45H51F7N8O5.C2HF3O2/c1-25-22-31(39(62)54-33-17-19-34(20-18-33)60(2)3)14-21-35(25)28-8-4-26(5-9-28)23-36(56-38(61)30-10-6-27(7-11-30)24-53-42(64)65)40(63)55-32-15-12-29(13-16-32)37-57-41(59-58-37)43(46,47)44(48,49)45(50,51)52;3-2(4,5)1(6)7/h4-5,8-9,12-16,21-22,27,30,33-34,36,53H,6-7,10-11,17-20,23-24H2,1-3H3,(H,54,62)(H,55,63)(H,56,61)(H,64,65)(H,57,58,59);(H,6,7)/t27-,30-,33?,34?,36-;/m0./s1. The maximum Gasteiger partial charge on any atom is 0.490 e. The molecule has 0 saturated heterocycles. The summed E-state index contributed by atoms with van der Waals surface area (Å²) >= 11 is 0. The fraction of sp³-hybridized carbons (Fsp3) is 0.468. The summed E-state index contributed by atoms with van der Waals surface area (Å²) in [6.45, 7) is 2.18. The number of hydrogen-bond donors (Lipinski definition) is 7. The summed E-state index contributed by atoms with van der Waals surface area (Å²) in [7, 11) is 4.14. The minimum atomic E-state index is -6.57. The Balaban J connectivity index is 0.00000128. The van der Waals surface area contributed by atoms with E-state index in [4.69, 9.17) is 15.0 Å². The van der Waals surface area contributed by atoms with E-state index in [0.29, 0.717) is 42.9 Å². The normalized spacial score (nSPS) is 19.0. The Morgan fingerprint density at radius 2 is 1.36 bits per heavy atom. The summed E-state index contributed by atoms with van der Waals surface area (Å²) in [4.78, 5) is 65.9. The molecule has 4 aromatic rings. The third-order valence-electron chi connectivity index (χ3n) is 12.5. The first kappa shape index (κ1) is 56.1. The van der Waals surface area contributed by atoms with E-state index in [1.165, 1.54) is 24.3 Å². The maximum atomic E-state index is 14.2. The molecule has 7 N–H and O–H groups in total. The predicted molar refractivity (Wildman–Crippen MR) is 240 cm³/mol. The molecule has 2 fully saturated rings. The van der Waals surface area contributed by atoms with Crippen molar-refractivity contribution in [2.24, 2.45) is 11.8 Å². The van der Waals surface area contributed by atoms with E-state index in [9.17, 15) is 63.1 Å². The van der Waals surface area contributed by atoms with Crippen molar-refractivity contribution in [3.63, 3.8) is 0 Å². The lowest BCUT2D eigenvalue weighted by atomic mass is 9.81. The van der Waals surface area contributed by atoms with Crippen molar-refractivity contribution in [3.05, 3.63) is 89.2 Å².